The monoisotopic (exact) mass is 297 g/mol. The minimum absolute atomic E-state index is 0.179. The van der Waals surface area contributed by atoms with Crippen LogP contribution in [-0.4, -0.2) is 59.8 Å². The molecule has 1 aliphatic carbocycles. The third kappa shape index (κ3) is 4.10. The van der Waals surface area contributed by atoms with Gasteiger partial charge in [-0.15, -0.1) is 0 Å². The lowest BCUT2D eigenvalue weighted by atomic mass is 9.80. The summed E-state index contributed by atoms with van der Waals surface area (Å²) in [4.78, 5) is 16.5. The van der Waals surface area contributed by atoms with E-state index >= 15 is 0 Å². The Morgan fingerprint density at radius 1 is 1.10 bits per heavy atom. The van der Waals surface area contributed by atoms with Crippen LogP contribution in [0.1, 0.15) is 52.9 Å². The van der Waals surface area contributed by atoms with Gasteiger partial charge in [0, 0.05) is 38.3 Å². The van der Waals surface area contributed by atoms with Crippen molar-refractivity contribution in [3.8, 4) is 0 Å². The summed E-state index contributed by atoms with van der Waals surface area (Å²) in [5.74, 6) is 0. The molecule has 2 fully saturated rings. The summed E-state index contributed by atoms with van der Waals surface area (Å²) in [5.41, 5.74) is 5.86. The van der Waals surface area contributed by atoms with Crippen LogP contribution >= 0.6 is 0 Å². The maximum atomic E-state index is 12.1. The maximum absolute atomic E-state index is 12.1. The number of amides is 1. The van der Waals surface area contributed by atoms with Gasteiger partial charge in [-0.1, -0.05) is 19.3 Å². The van der Waals surface area contributed by atoms with Crippen LogP contribution in [0.25, 0.3) is 0 Å². The van der Waals surface area contributed by atoms with Gasteiger partial charge in [0.15, 0.2) is 0 Å². The summed E-state index contributed by atoms with van der Waals surface area (Å²) < 4.78 is 5.45. The quantitative estimate of drug-likeness (QED) is 0.849. The van der Waals surface area contributed by atoms with Crippen LogP contribution < -0.4 is 5.73 Å². The summed E-state index contributed by atoms with van der Waals surface area (Å²) in [5, 5.41) is 0. The average molecular weight is 297 g/mol. The molecule has 0 spiro atoms. The highest BCUT2D eigenvalue weighted by molar-refractivity contribution is 5.68. The molecule has 0 aromatic heterocycles. The minimum Gasteiger partial charge on any atom is -0.444 e. The molecule has 0 aromatic carbocycles. The van der Waals surface area contributed by atoms with Crippen molar-refractivity contribution in [2.24, 2.45) is 5.73 Å². The van der Waals surface area contributed by atoms with Crippen molar-refractivity contribution >= 4 is 6.09 Å². The van der Waals surface area contributed by atoms with Gasteiger partial charge in [0.2, 0.25) is 0 Å². The van der Waals surface area contributed by atoms with Crippen LogP contribution in [0.5, 0.6) is 0 Å². The van der Waals surface area contributed by atoms with Gasteiger partial charge in [-0.2, -0.15) is 0 Å². The highest BCUT2D eigenvalue weighted by Crippen LogP contribution is 2.33. The molecule has 0 aromatic rings. The Labute approximate surface area is 128 Å². The van der Waals surface area contributed by atoms with Crippen LogP contribution in [0.3, 0.4) is 0 Å². The van der Waals surface area contributed by atoms with Crippen LogP contribution in [0, 0.1) is 0 Å². The van der Waals surface area contributed by atoms with E-state index in [0.717, 1.165) is 32.7 Å². The number of piperazine rings is 1. The standard InChI is InChI=1S/C16H31N3O2/c1-15(2,3)21-14(20)18-9-11-19(12-10-18)16(13-17)7-5-4-6-8-16/h4-13,17H2,1-3H3. The number of hydrogen-bond acceptors (Lipinski definition) is 4. The third-order valence-electron chi connectivity index (χ3n) is 4.77. The molecule has 0 unspecified atom stereocenters. The minimum atomic E-state index is -0.421. The summed E-state index contributed by atoms with van der Waals surface area (Å²) >= 11 is 0. The Balaban J connectivity index is 1.89. The fraction of sp³-hybridized carbons (Fsp3) is 0.938. The molecule has 1 heterocycles. The average Bonchev–Trinajstić information content (AvgIpc) is 2.46. The first kappa shape index (κ1) is 16.6. The molecule has 2 rings (SSSR count). The second kappa shape index (κ2) is 6.53. The second-order valence-corrected chi connectivity index (χ2v) is 7.44. The molecule has 0 radical (unpaired) electrons. The van der Waals surface area contributed by atoms with E-state index in [9.17, 15) is 4.79 Å². The van der Waals surface area contributed by atoms with Crippen LogP contribution in [0.4, 0.5) is 4.79 Å². The fourth-order valence-corrected chi connectivity index (χ4v) is 3.55. The van der Waals surface area contributed by atoms with Crippen molar-refractivity contribution in [3.63, 3.8) is 0 Å². The number of ether oxygens (including phenoxy) is 1. The zero-order chi connectivity index (χ0) is 15.5. The maximum Gasteiger partial charge on any atom is 0.410 e. The molecule has 2 N–H and O–H groups in total. The van der Waals surface area contributed by atoms with Gasteiger partial charge in [0.25, 0.3) is 0 Å². The van der Waals surface area contributed by atoms with Crippen molar-refractivity contribution in [2.45, 2.75) is 64.0 Å². The normalized spacial score (nSPS) is 23.9. The molecular weight excluding hydrogens is 266 g/mol. The van der Waals surface area contributed by atoms with Gasteiger partial charge in [-0.05, 0) is 33.6 Å². The van der Waals surface area contributed by atoms with E-state index in [-0.39, 0.29) is 11.6 Å². The second-order valence-electron chi connectivity index (χ2n) is 7.44. The van der Waals surface area contributed by atoms with E-state index in [4.69, 9.17) is 10.5 Å². The molecule has 5 heteroatoms. The Morgan fingerprint density at radius 2 is 1.67 bits per heavy atom. The predicted molar refractivity (Wildman–Crippen MR) is 84.3 cm³/mol. The molecule has 122 valence electrons. The van der Waals surface area contributed by atoms with E-state index in [1.807, 2.05) is 25.7 Å². The molecule has 1 saturated carbocycles. The van der Waals surface area contributed by atoms with Crippen LogP contribution in [0.15, 0.2) is 0 Å². The van der Waals surface area contributed by atoms with Gasteiger partial charge in [-0.25, -0.2) is 4.79 Å². The van der Waals surface area contributed by atoms with Crippen molar-refractivity contribution in [1.29, 1.82) is 0 Å². The highest BCUT2D eigenvalue weighted by atomic mass is 16.6. The molecule has 5 nitrogen and oxygen atoms in total. The van der Waals surface area contributed by atoms with Gasteiger partial charge in [0.1, 0.15) is 5.60 Å². The first-order chi connectivity index (χ1) is 9.86. The van der Waals surface area contributed by atoms with Gasteiger partial charge >= 0.3 is 6.09 Å². The van der Waals surface area contributed by atoms with Gasteiger partial charge < -0.3 is 15.4 Å². The molecule has 1 amide bonds. The summed E-state index contributed by atoms with van der Waals surface area (Å²) in [6.07, 6.45) is 6.12. The number of nitrogens with zero attached hydrogens (tertiary/aromatic N) is 2. The SMILES string of the molecule is CC(C)(C)OC(=O)N1CCN(C2(CN)CCCCC2)CC1. The van der Waals surface area contributed by atoms with E-state index in [0.29, 0.717) is 0 Å². The Kier molecular flexibility index (Phi) is 5.15. The molecule has 0 bridgehead atoms. The Bertz CT molecular complexity index is 351. The number of nitrogens with two attached hydrogens (primary N) is 1. The van der Waals surface area contributed by atoms with E-state index in [1.165, 1.54) is 32.1 Å². The number of carbonyl (C=O) groups is 1. The first-order valence-electron chi connectivity index (χ1n) is 8.29. The Hall–Kier alpha value is -0.810. The largest absolute Gasteiger partial charge is 0.444 e. The smallest absolute Gasteiger partial charge is 0.410 e. The zero-order valence-electron chi connectivity index (χ0n) is 13.9. The lowest BCUT2D eigenvalue weighted by Gasteiger charge is -2.49. The van der Waals surface area contributed by atoms with E-state index < -0.39 is 5.60 Å². The molecule has 0 atom stereocenters. The van der Waals surface area contributed by atoms with Crippen molar-refractivity contribution in [1.82, 2.24) is 9.80 Å². The molecular formula is C16H31N3O2. The van der Waals surface area contributed by atoms with Crippen LogP contribution in [-0.2, 0) is 4.74 Å². The van der Waals surface area contributed by atoms with Crippen molar-refractivity contribution in [2.75, 3.05) is 32.7 Å². The Morgan fingerprint density at radius 3 is 2.14 bits per heavy atom. The highest BCUT2D eigenvalue weighted by Gasteiger charge is 2.39. The van der Waals surface area contributed by atoms with Crippen molar-refractivity contribution in [3.05, 3.63) is 0 Å². The topological polar surface area (TPSA) is 58.8 Å². The first-order valence-corrected chi connectivity index (χ1v) is 8.29. The van der Waals surface area contributed by atoms with Crippen molar-refractivity contribution < 1.29 is 9.53 Å². The fourth-order valence-electron chi connectivity index (χ4n) is 3.55. The molecule has 2 aliphatic rings. The number of rotatable bonds is 2. The third-order valence-corrected chi connectivity index (χ3v) is 4.77. The lowest BCUT2D eigenvalue weighted by Crippen LogP contribution is -2.61. The summed E-state index contributed by atoms with van der Waals surface area (Å²) in [7, 11) is 0. The molecule has 1 saturated heterocycles. The zero-order valence-corrected chi connectivity index (χ0v) is 13.9. The van der Waals surface area contributed by atoms with E-state index in [1.54, 1.807) is 0 Å². The molecule has 21 heavy (non-hydrogen) atoms. The number of hydrogen-bond donors (Lipinski definition) is 1. The van der Waals surface area contributed by atoms with Crippen LogP contribution in [0.2, 0.25) is 0 Å². The lowest BCUT2D eigenvalue weighted by molar-refractivity contribution is -0.0110. The predicted octanol–water partition coefficient (Wildman–Crippen LogP) is 2.20. The van der Waals surface area contributed by atoms with Gasteiger partial charge in [0.05, 0.1) is 0 Å². The number of carbonyl (C=O) groups excluding carboxylic acids is 1. The summed E-state index contributed by atoms with van der Waals surface area (Å²) in [6.45, 7) is 9.78. The molecule has 1 aliphatic heterocycles. The van der Waals surface area contributed by atoms with E-state index in [2.05, 4.69) is 4.90 Å². The van der Waals surface area contributed by atoms with Gasteiger partial charge in [-0.3, -0.25) is 4.90 Å². The summed E-state index contributed by atoms with van der Waals surface area (Å²) in [6, 6.07) is 0.